The number of rotatable bonds is 2. The minimum Gasteiger partial charge on any atom is -0.480 e. The highest BCUT2D eigenvalue weighted by Gasteiger charge is 2.41. The molecule has 0 spiro atoms. The number of para-hydroxylation sites is 1. The summed E-state index contributed by atoms with van der Waals surface area (Å²) in [6.07, 6.45) is 2.21. The van der Waals surface area contributed by atoms with Gasteiger partial charge in [0.15, 0.2) is 0 Å². The highest BCUT2D eigenvalue weighted by molar-refractivity contribution is 6.04. The van der Waals surface area contributed by atoms with E-state index in [0.29, 0.717) is 12.3 Å². The SMILES string of the molecule is CC1CCNC(C(=O)N2c3ccccc3CC2C(=O)O)C1. The van der Waals surface area contributed by atoms with Crippen molar-refractivity contribution < 1.29 is 14.7 Å². The fraction of sp³-hybridized carbons (Fsp3) is 0.500. The standard InChI is InChI=1S/C16H20N2O3/c1-10-6-7-17-12(8-10)15(19)18-13-5-3-2-4-11(13)9-14(18)16(20)21/h2-5,10,12,14,17H,6-9H2,1H3,(H,20,21). The number of benzene rings is 1. The highest BCUT2D eigenvalue weighted by Crippen LogP contribution is 2.33. The van der Waals surface area contributed by atoms with Crippen LogP contribution in [0.2, 0.25) is 0 Å². The van der Waals surface area contributed by atoms with Crippen LogP contribution in [-0.4, -0.2) is 35.6 Å². The maximum atomic E-state index is 12.8. The first-order valence-corrected chi connectivity index (χ1v) is 7.45. The molecule has 1 aromatic rings. The van der Waals surface area contributed by atoms with E-state index in [1.807, 2.05) is 24.3 Å². The molecule has 0 bridgehead atoms. The molecular weight excluding hydrogens is 268 g/mol. The molecule has 5 heteroatoms. The molecule has 0 radical (unpaired) electrons. The van der Waals surface area contributed by atoms with Crippen LogP contribution in [0.3, 0.4) is 0 Å². The van der Waals surface area contributed by atoms with Gasteiger partial charge in [-0.3, -0.25) is 9.69 Å². The van der Waals surface area contributed by atoms with Crippen LogP contribution in [0.5, 0.6) is 0 Å². The second-order valence-electron chi connectivity index (χ2n) is 6.03. The highest BCUT2D eigenvalue weighted by atomic mass is 16.4. The number of carboxylic acid groups (broad SMARTS) is 1. The molecular formula is C16H20N2O3. The summed E-state index contributed by atoms with van der Waals surface area (Å²) in [5, 5.41) is 12.7. The Kier molecular flexibility index (Phi) is 3.68. The molecule has 1 aromatic carbocycles. The number of aliphatic carboxylic acids is 1. The maximum absolute atomic E-state index is 12.8. The first-order valence-electron chi connectivity index (χ1n) is 7.45. The van der Waals surface area contributed by atoms with Crippen LogP contribution in [0, 0.1) is 5.92 Å². The van der Waals surface area contributed by atoms with Gasteiger partial charge in [-0.15, -0.1) is 0 Å². The molecule has 21 heavy (non-hydrogen) atoms. The van der Waals surface area contributed by atoms with Gasteiger partial charge in [0, 0.05) is 12.1 Å². The summed E-state index contributed by atoms with van der Waals surface area (Å²) in [5.41, 5.74) is 1.68. The Labute approximate surface area is 123 Å². The number of amides is 1. The number of anilines is 1. The van der Waals surface area contributed by atoms with Gasteiger partial charge in [-0.1, -0.05) is 25.1 Å². The zero-order valence-electron chi connectivity index (χ0n) is 12.1. The quantitative estimate of drug-likeness (QED) is 0.863. The Balaban J connectivity index is 1.90. The lowest BCUT2D eigenvalue weighted by Gasteiger charge is -2.32. The van der Waals surface area contributed by atoms with E-state index in [4.69, 9.17) is 0 Å². The van der Waals surface area contributed by atoms with Crippen molar-refractivity contribution in [3.8, 4) is 0 Å². The van der Waals surface area contributed by atoms with Crippen LogP contribution in [0.1, 0.15) is 25.3 Å². The first kappa shape index (κ1) is 14.1. The van der Waals surface area contributed by atoms with E-state index in [1.54, 1.807) is 0 Å². The minimum absolute atomic E-state index is 0.112. The van der Waals surface area contributed by atoms with Crippen LogP contribution < -0.4 is 10.2 Å². The average Bonchev–Trinajstić information content (AvgIpc) is 2.86. The Bertz CT molecular complexity index is 572. The molecule has 0 saturated carbocycles. The van der Waals surface area contributed by atoms with Crippen molar-refractivity contribution in [2.45, 2.75) is 38.3 Å². The summed E-state index contributed by atoms with van der Waals surface area (Å²) in [6, 6.07) is 6.40. The summed E-state index contributed by atoms with van der Waals surface area (Å²) in [7, 11) is 0. The smallest absolute Gasteiger partial charge is 0.327 e. The summed E-state index contributed by atoms with van der Waals surface area (Å²) in [5.74, 6) is -0.566. The van der Waals surface area contributed by atoms with Crippen molar-refractivity contribution in [1.82, 2.24) is 5.32 Å². The molecule has 3 unspecified atom stereocenters. The molecule has 1 saturated heterocycles. The molecule has 2 heterocycles. The fourth-order valence-corrected chi connectivity index (χ4v) is 3.32. The number of hydrogen-bond acceptors (Lipinski definition) is 3. The van der Waals surface area contributed by atoms with E-state index in [0.717, 1.165) is 30.6 Å². The molecule has 0 aliphatic carbocycles. The predicted molar refractivity (Wildman–Crippen MR) is 79.2 cm³/mol. The van der Waals surface area contributed by atoms with E-state index in [2.05, 4.69) is 12.2 Å². The zero-order chi connectivity index (χ0) is 15.0. The topological polar surface area (TPSA) is 69.6 Å². The van der Waals surface area contributed by atoms with Crippen LogP contribution in [0.25, 0.3) is 0 Å². The van der Waals surface area contributed by atoms with Crippen molar-refractivity contribution >= 4 is 17.6 Å². The third kappa shape index (κ3) is 2.53. The van der Waals surface area contributed by atoms with Crippen molar-refractivity contribution in [3.63, 3.8) is 0 Å². The molecule has 3 atom stereocenters. The maximum Gasteiger partial charge on any atom is 0.327 e. The van der Waals surface area contributed by atoms with E-state index in [9.17, 15) is 14.7 Å². The van der Waals surface area contributed by atoms with Gasteiger partial charge in [-0.25, -0.2) is 4.79 Å². The van der Waals surface area contributed by atoms with E-state index < -0.39 is 12.0 Å². The second-order valence-corrected chi connectivity index (χ2v) is 6.03. The monoisotopic (exact) mass is 288 g/mol. The molecule has 2 aliphatic rings. The van der Waals surface area contributed by atoms with Gasteiger partial charge in [-0.05, 0) is 36.9 Å². The Morgan fingerprint density at radius 3 is 2.81 bits per heavy atom. The first-order chi connectivity index (χ1) is 10.1. The molecule has 0 aromatic heterocycles. The molecule has 112 valence electrons. The number of carboxylic acids is 1. The Morgan fingerprint density at radius 2 is 2.10 bits per heavy atom. The summed E-state index contributed by atoms with van der Waals surface area (Å²) < 4.78 is 0. The normalized spacial score (nSPS) is 28.2. The minimum atomic E-state index is -0.941. The number of hydrogen-bond donors (Lipinski definition) is 2. The van der Waals surface area contributed by atoms with E-state index in [1.165, 1.54) is 4.90 Å². The number of piperidine rings is 1. The predicted octanol–water partition coefficient (Wildman–Crippen LogP) is 1.42. The number of fused-ring (bicyclic) bond motifs is 1. The molecule has 5 nitrogen and oxygen atoms in total. The lowest BCUT2D eigenvalue weighted by Crippen LogP contribution is -2.54. The number of nitrogens with zero attached hydrogens (tertiary/aromatic N) is 1. The summed E-state index contributed by atoms with van der Waals surface area (Å²) >= 11 is 0. The van der Waals surface area contributed by atoms with Crippen LogP contribution >= 0.6 is 0 Å². The molecule has 1 amide bonds. The van der Waals surface area contributed by atoms with E-state index in [-0.39, 0.29) is 11.9 Å². The lowest BCUT2D eigenvalue weighted by molar-refractivity contribution is -0.140. The third-order valence-electron chi connectivity index (χ3n) is 4.46. The van der Waals surface area contributed by atoms with Crippen molar-refractivity contribution in [3.05, 3.63) is 29.8 Å². The summed E-state index contributed by atoms with van der Waals surface area (Å²) in [4.78, 5) is 25.8. The Hall–Kier alpha value is -1.88. The molecule has 2 N–H and O–H groups in total. The van der Waals surface area contributed by atoms with Crippen molar-refractivity contribution in [1.29, 1.82) is 0 Å². The lowest BCUT2D eigenvalue weighted by atomic mass is 9.93. The molecule has 3 rings (SSSR count). The Morgan fingerprint density at radius 1 is 1.33 bits per heavy atom. The van der Waals surface area contributed by atoms with Gasteiger partial charge in [0.05, 0.1) is 6.04 Å². The third-order valence-corrected chi connectivity index (χ3v) is 4.46. The zero-order valence-corrected chi connectivity index (χ0v) is 12.1. The van der Waals surface area contributed by atoms with Crippen LogP contribution in [0.15, 0.2) is 24.3 Å². The van der Waals surface area contributed by atoms with Gasteiger partial charge in [0.25, 0.3) is 0 Å². The van der Waals surface area contributed by atoms with Crippen LogP contribution in [-0.2, 0) is 16.0 Å². The van der Waals surface area contributed by atoms with Crippen molar-refractivity contribution in [2.24, 2.45) is 5.92 Å². The number of carbonyl (C=O) groups excluding carboxylic acids is 1. The largest absolute Gasteiger partial charge is 0.480 e. The second kappa shape index (κ2) is 5.48. The van der Waals surface area contributed by atoms with Gasteiger partial charge in [-0.2, -0.15) is 0 Å². The van der Waals surface area contributed by atoms with Gasteiger partial charge < -0.3 is 10.4 Å². The fourth-order valence-electron chi connectivity index (χ4n) is 3.32. The van der Waals surface area contributed by atoms with Crippen molar-refractivity contribution in [2.75, 3.05) is 11.4 Å². The van der Waals surface area contributed by atoms with Gasteiger partial charge in [0.1, 0.15) is 6.04 Å². The van der Waals surface area contributed by atoms with E-state index >= 15 is 0 Å². The van der Waals surface area contributed by atoms with Gasteiger partial charge in [0.2, 0.25) is 5.91 Å². The molecule has 1 fully saturated rings. The van der Waals surface area contributed by atoms with Gasteiger partial charge >= 0.3 is 5.97 Å². The van der Waals surface area contributed by atoms with Crippen LogP contribution in [0.4, 0.5) is 5.69 Å². The summed E-state index contributed by atoms with van der Waals surface area (Å²) in [6.45, 7) is 2.94. The molecule has 2 aliphatic heterocycles. The number of nitrogens with one attached hydrogen (secondary N) is 1. The average molecular weight is 288 g/mol. The number of carbonyl (C=O) groups is 2.